The van der Waals surface area contributed by atoms with Crippen LogP contribution in [0.5, 0.6) is 0 Å². The van der Waals surface area contributed by atoms with E-state index >= 15 is 0 Å². The van der Waals surface area contributed by atoms with Crippen LogP contribution in [0.4, 0.5) is 0 Å². The number of hydrogen-bond acceptors (Lipinski definition) is 1. The van der Waals surface area contributed by atoms with Crippen molar-refractivity contribution in [1.82, 2.24) is 0 Å². The molecule has 0 spiro atoms. The molecule has 6 aromatic carbocycles. The maximum absolute atomic E-state index is 3.87. The van der Waals surface area contributed by atoms with E-state index in [2.05, 4.69) is 195 Å². The van der Waals surface area contributed by atoms with Crippen molar-refractivity contribution in [3.8, 4) is 11.1 Å². The van der Waals surface area contributed by atoms with Crippen molar-refractivity contribution in [3.05, 3.63) is 231 Å². The van der Waals surface area contributed by atoms with Gasteiger partial charge in [0.2, 0.25) is 0 Å². The van der Waals surface area contributed by atoms with Gasteiger partial charge in [-0.15, -0.1) is 11.3 Å². The molecular weight excluding hydrogens is 741 g/mol. The van der Waals surface area contributed by atoms with Crippen molar-refractivity contribution >= 4 is 39.1 Å². The maximum Gasteiger partial charge on any atom is 0.0355 e. The molecule has 1 aliphatic carbocycles. The fraction of sp³-hybridized carbons (Fsp3) is 0.220. The minimum Gasteiger partial charge on any atom is -0.135 e. The van der Waals surface area contributed by atoms with Crippen LogP contribution in [0.1, 0.15) is 95.5 Å². The smallest absolute Gasteiger partial charge is 0.0355 e. The first-order valence-electron chi connectivity index (χ1n) is 21.4. The molecule has 0 radical (unpaired) electrons. The summed E-state index contributed by atoms with van der Waals surface area (Å²) < 4.78 is 1.34. The summed E-state index contributed by atoms with van der Waals surface area (Å²) in [4.78, 5) is 1.26. The summed E-state index contributed by atoms with van der Waals surface area (Å²) in [7, 11) is 0. The first-order valence-corrected chi connectivity index (χ1v) is 22.2. The summed E-state index contributed by atoms with van der Waals surface area (Å²) in [5, 5.41) is 1.34. The quantitative estimate of drug-likeness (QED) is 0.166. The highest BCUT2D eigenvalue weighted by atomic mass is 32.1. The molecule has 0 saturated carbocycles. The number of rotatable bonds is 4. The molecule has 0 fully saturated rings. The topological polar surface area (TPSA) is 0 Å². The Bertz CT molecular complexity index is 2290. The van der Waals surface area contributed by atoms with Crippen molar-refractivity contribution in [3.63, 3.8) is 0 Å². The predicted octanol–water partition coefficient (Wildman–Crippen LogP) is 18.3. The van der Waals surface area contributed by atoms with Gasteiger partial charge < -0.3 is 0 Å². The third-order valence-corrected chi connectivity index (χ3v) is 11.2. The van der Waals surface area contributed by atoms with Gasteiger partial charge in [-0.3, -0.25) is 0 Å². The number of benzene rings is 6. The highest BCUT2D eigenvalue weighted by Crippen LogP contribution is 2.34. The van der Waals surface area contributed by atoms with Gasteiger partial charge in [-0.25, -0.2) is 0 Å². The second kappa shape index (κ2) is 26.4. The van der Waals surface area contributed by atoms with E-state index < -0.39 is 0 Å². The minimum atomic E-state index is 1.19. The Balaban J connectivity index is 0.000000205. The molecule has 0 amide bonds. The molecule has 1 heterocycles. The normalized spacial score (nSPS) is 11.3. The lowest BCUT2D eigenvalue weighted by Crippen LogP contribution is -1.93. The standard InChI is InChI=1S/C16H18.C14H14S.C13H14.2C7H8.C2H6/c1-11-7-5-8-12(2)15(11)16-13(3)9-6-10-14(16)4;1-4-6-11-12-9-10(3)7-8-14(12)15-13(11)5-2;1-11-7-9-13(10-8-11)12-5-3-2-4-6-12;2*1-7-5-3-2-4-6-7;1-2/h5-10H,1-4H3;4-9H,2H2,1,3H3;2-7,9H,8,10H2,1H3;2*2-6H,1H3;1-2H3/b;6-4-;;;;. The number of allylic oxidation sites excluding steroid dienone is 5. The van der Waals surface area contributed by atoms with Crippen LogP contribution < -0.4 is 0 Å². The van der Waals surface area contributed by atoms with Gasteiger partial charge in [0.05, 0.1) is 0 Å². The fourth-order valence-corrected chi connectivity index (χ4v) is 7.88. The van der Waals surface area contributed by atoms with Crippen molar-refractivity contribution in [1.29, 1.82) is 0 Å². The van der Waals surface area contributed by atoms with E-state index in [1.165, 1.54) is 100 Å². The zero-order chi connectivity index (χ0) is 43.9. The lowest BCUT2D eigenvalue weighted by atomic mass is 9.90. The van der Waals surface area contributed by atoms with E-state index in [0.717, 1.165) is 0 Å². The molecule has 0 atom stereocenters. The molecule has 1 aromatic heterocycles. The van der Waals surface area contributed by atoms with Gasteiger partial charge in [0.25, 0.3) is 0 Å². The van der Waals surface area contributed by atoms with Crippen LogP contribution in [0, 0.1) is 48.5 Å². The fourth-order valence-electron chi connectivity index (χ4n) is 6.86. The molecule has 1 aliphatic rings. The average molecular weight is 809 g/mol. The Kier molecular flexibility index (Phi) is 21.4. The van der Waals surface area contributed by atoms with E-state index in [1.54, 1.807) is 11.3 Å². The third kappa shape index (κ3) is 15.4. The molecule has 0 N–H and O–H groups in total. The maximum atomic E-state index is 3.87. The number of aryl methyl sites for hydroxylation is 7. The van der Waals surface area contributed by atoms with E-state index in [-0.39, 0.29) is 0 Å². The van der Waals surface area contributed by atoms with Crippen LogP contribution >= 0.6 is 11.3 Å². The second-order valence-corrected chi connectivity index (χ2v) is 16.1. The molecule has 0 aliphatic heterocycles. The van der Waals surface area contributed by atoms with Gasteiger partial charge in [0, 0.05) is 15.0 Å². The highest BCUT2D eigenvalue weighted by molar-refractivity contribution is 7.20. The Morgan fingerprint density at radius 1 is 0.500 bits per heavy atom. The van der Waals surface area contributed by atoms with Crippen LogP contribution in [-0.4, -0.2) is 0 Å². The monoisotopic (exact) mass is 809 g/mol. The third-order valence-electron chi connectivity index (χ3n) is 10.0. The van der Waals surface area contributed by atoms with E-state index in [1.807, 2.05) is 63.2 Å². The van der Waals surface area contributed by atoms with Crippen LogP contribution in [0.25, 0.3) is 38.9 Å². The lowest BCUT2D eigenvalue weighted by molar-refractivity contribution is 0.977. The largest absolute Gasteiger partial charge is 0.135 e. The number of fused-ring (bicyclic) bond motifs is 1. The molecule has 0 unspecified atom stereocenters. The van der Waals surface area contributed by atoms with Crippen LogP contribution in [0.15, 0.2) is 176 Å². The Morgan fingerprint density at radius 2 is 0.967 bits per heavy atom. The average Bonchev–Trinajstić information content (AvgIpc) is 3.61. The summed E-state index contributed by atoms with van der Waals surface area (Å²) in [5.74, 6) is 0. The summed E-state index contributed by atoms with van der Waals surface area (Å²) in [6.45, 7) is 27.2. The molecule has 7 aromatic rings. The first kappa shape index (κ1) is 48.6. The summed E-state index contributed by atoms with van der Waals surface area (Å²) in [5.41, 5.74) is 17.8. The summed E-state index contributed by atoms with van der Waals surface area (Å²) >= 11 is 1.80. The minimum absolute atomic E-state index is 1.19. The van der Waals surface area contributed by atoms with Gasteiger partial charge >= 0.3 is 0 Å². The van der Waals surface area contributed by atoms with Crippen molar-refractivity contribution < 1.29 is 0 Å². The van der Waals surface area contributed by atoms with Crippen LogP contribution in [0.2, 0.25) is 0 Å². The zero-order valence-corrected chi connectivity index (χ0v) is 39.1. The Morgan fingerprint density at radius 3 is 1.35 bits per heavy atom. The van der Waals surface area contributed by atoms with Crippen LogP contribution in [-0.2, 0) is 0 Å². The first-order chi connectivity index (χ1) is 29.0. The van der Waals surface area contributed by atoms with Crippen LogP contribution in [0.3, 0.4) is 0 Å². The SMILES string of the molecule is C=Cc1sc2ccc(C)cc2c1/C=C\C.CC.CC1=CC=C(c2ccccc2)CC1.Cc1cccc(C)c1-c1c(C)cccc1C.Cc1ccccc1.Cc1ccccc1. The molecule has 0 bridgehead atoms. The van der Waals surface area contributed by atoms with E-state index in [4.69, 9.17) is 0 Å². The predicted molar refractivity (Wildman–Crippen MR) is 273 cm³/mol. The lowest BCUT2D eigenvalue weighted by Gasteiger charge is -2.15. The van der Waals surface area contributed by atoms with Gasteiger partial charge in [0.15, 0.2) is 0 Å². The molecule has 0 nitrogen and oxygen atoms in total. The summed E-state index contributed by atoms with van der Waals surface area (Å²) in [6, 6.07) is 50.7. The molecule has 310 valence electrons. The molecule has 1 heteroatoms. The van der Waals surface area contributed by atoms with E-state index in [9.17, 15) is 0 Å². The second-order valence-electron chi connectivity index (χ2n) is 15.0. The van der Waals surface area contributed by atoms with Gasteiger partial charge in [0.1, 0.15) is 0 Å². The van der Waals surface area contributed by atoms with Crippen molar-refractivity contribution in [2.75, 3.05) is 0 Å². The van der Waals surface area contributed by atoms with Gasteiger partial charge in [-0.2, -0.15) is 0 Å². The highest BCUT2D eigenvalue weighted by Gasteiger charge is 2.10. The number of thiophene rings is 1. The van der Waals surface area contributed by atoms with Crippen molar-refractivity contribution in [2.24, 2.45) is 0 Å². The molecule has 0 saturated heterocycles. The van der Waals surface area contributed by atoms with Gasteiger partial charge in [-0.05, 0) is 137 Å². The molecule has 8 rings (SSSR count). The summed E-state index contributed by atoms with van der Waals surface area (Å²) in [6.07, 6.45) is 13.1. The number of hydrogen-bond donors (Lipinski definition) is 0. The molecular formula is C59H68S. The Hall–Kier alpha value is -5.76. The zero-order valence-electron chi connectivity index (χ0n) is 38.3. The molecule has 60 heavy (non-hydrogen) atoms. The van der Waals surface area contributed by atoms with E-state index in [0.29, 0.717) is 0 Å². The van der Waals surface area contributed by atoms with Crippen molar-refractivity contribution in [2.45, 2.75) is 89.0 Å². The Labute approximate surface area is 368 Å². The van der Waals surface area contributed by atoms with Gasteiger partial charge in [-0.1, -0.05) is 207 Å².